The lowest BCUT2D eigenvalue weighted by Crippen LogP contribution is -2.37. The Morgan fingerprint density at radius 1 is 1.33 bits per heavy atom. The number of sulfonamides is 1. The minimum Gasteiger partial charge on any atom is -0.366 e. The maximum absolute atomic E-state index is 11.8. The number of benzene rings is 1. The average molecular weight is 294 g/mol. The molecule has 1 amide bonds. The van der Waals surface area contributed by atoms with Gasteiger partial charge in [-0.1, -0.05) is 0 Å². The van der Waals surface area contributed by atoms with Gasteiger partial charge in [0.1, 0.15) is 0 Å². The van der Waals surface area contributed by atoms with Crippen molar-refractivity contribution in [2.45, 2.75) is 17.9 Å². The number of hydrogen-bond acceptors (Lipinski definition) is 4. The van der Waals surface area contributed by atoms with Gasteiger partial charge in [0.15, 0.2) is 0 Å². The zero-order valence-corrected chi connectivity index (χ0v) is 11.4. The first-order chi connectivity index (χ1) is 7.86. The van der Waals surface area contributed by atoms with Crippen LogP contribution in [-0.4, -0.2) is 26.9 Å². The van der Waals surface area contributed by atoms with E-state index in [9.17, 15) is 13.2 Å². The summed E-state index contributed by atoms with van der Waals surface area (Å²) in [5, 5.41) is 0. The van der Waals surface area contributed by atoms with Gasteiger partial charge >= 0.3 is 0 Å². The molecule has 0 aliphatic carbocycles. The summed E-state index contributed by atoms with van der Waals surface area (Å²) < 4.78 is 26.0. The second-order valence-electron chi connectivity index (χ2n) is 3.65. The van der Waals surface area contributed by atoms with Gasteiger partial charge in [-0.25, -0.2) is 13.1 Å². The maximum atomic E-state index is 11.8. The summed E-state index contributed by atoms with van der Waals surface area (Å²) >= 11 is 0. The topological polar surface area (TPSA) is 115 Å². The summed E-state index contributed by atoms with van der Waals surface area (Å²) in [5.74, 6) is -0.600. The number of rotatable bonds is 5. The van der Waals surface area contributed by atoms with Crippen LogP contribution in [0.1, 0.15) is 17.3 Å². The lowest BCUT2D eigenvalue weighted by Gasteiger charge is -2.11. The predicted molar refractivity (Wildman–Crippen MR) is 71.0 cm³/mol. The van der Waals surface area contributed by atoms with Gasteiger partial charge in [0, 0.05) is 18.2 Å². The molecule has 0 saturated carbocycles. The largest absolute Gasteiger partial charge is 0.366 e. The van der Waals surface area contributed by atoms with Crippen molar-refractivity contribution in [3.8, 4) is 0 Å². The van der Waals surface area contributed by atoms with E-state index in [4.69, 9.17) is 11.5 Å². The second-order valence-corrected chi connectivity index (χ2v) is 5.36. The molecule has 0 radical (unpaired) electrons. The molecular formula is C10H16ClN3O3S. The summed E-state index contributed by atoms with van der Waals surface area (Å²) in [4.78, 5) is 10.9. The fourth-order valence-electron chi connectivity index (χ4n) is 1.18. The van der Waals surface area contributed by atoms with Gasteiger partial charge in [0.2, 0.25) is 15.9 Å². The van der Waals surface area contributed by atoms with E-state index < -0.39 is 15.9 Å². The normalized spacial score (nSPS) is 12.6. The van der Waals surface area contributed by atoms with Crippen LogP contribution in [0.4, 0.5) is 0 Å². The molecule has 0 aliphatic heterocycles. The zero-order chi connectivity index (χ0) is 13.1. The van der Waals surface area contributed by atoms with Crippen molar-refractivity contribution in [1.29, 1.82) is 0 Å². The van der Waals surface area contributed by atoms with E-state index in [0.717, 1.165) is 0 Å². The van der Waals surface area contributed by atoms with Crippen LogP contribution >= 0.6 is 12.4 Å². The Kier molecular flexibility index (Phi) is 6.27. The molecule has 5 N–H and O–H groups in total. The van der Waals surface area contributed by atoms with Crippen LogP contribution < -0.4 is 16.2 Å². The molecule has 0 saturated heterocycles. The van der Waals surface area contributed by atoms with E-state index in [-0.39, 0.29) is 35.5 Å². The molecule has 1 aromatic carbocycles. The Labute approximate surface area is 112 Å². The van der Waals surface area contributed by atoms with Gasteiger partial charge in [0.05, 0.1) is 4.90 Å². The minimum atomic E-state index is -3.60. The SMILES string of the molecule is C[C@H](CN)NS(=O)(=O)c1ccc(C(N)=O)cc1.Cl. The lowest BCUT2D eigenvalue weighted by atomic mass is 10.2. The number of halogens is 1. The molecule has 0 heterocycles. The number of amides is 1. The van der Waals surface area contributed by atoms with Crippen molar-refractivity contribution in [3.63, 3.8) is 0 Å². The monoisotopic (exact) mass is 293 g/mol. The molecule has 6 nitrogen and oxygen atoms in total. The molecule has 18 heavy (non-hydrogen) atoms. The second kappa shape index (κ2) is 6.69. The Balaban J connectivity index is 0.00000289. The molecule has 0 unspecified atom stereocenters. The highest BCUT2D eigenvalue weighted by atomic mass is 35.5. The summed E-state index contributed by atoms with van der Waals surface area (Å²) in [7, 11) is -3.60. The quantitative estimate of drug-likeness (QED) is 0.699. The Morgan fingerprint density at radius 2 is 1.83 bits per heavy atom. The third kappa shape index (κ3) is 4.26. The van der Waals surface area contributed by atoms with E-state index in [1.54, 1.807) is 6.92 Å². The van der Waals surface area contributed by atoms with Crippen LogP contribution in [0.15, 0.2) is 29.2 Å². The number of nitrogens with one attached hydrogen (secondary N) is 1. The smallest absolute Gasteiger partial charge is 0.248 e. The minimum absolute atomic E-state index is 0. The van der Waals surface area contributed by atoms with Crippen molar-refractivity contribution in [3.05, 3.63) is 29.8 Å². The molecule has 8 heteroatoms. The third-order valence-electron chi connectivity index (χ3n) is 2.16. The van der Waals surface area contributed by atoms with Crippen molar-refractivity contribution >= 4 is 28.3 Å². The van der Waals surface area contributed by atoms with Gasteiger partial charge in [-0.2, -0.15) is 0 Å². The highest BCUT2D eigenvalue weighted by molar-refractivity contribution is 7.89. The van der Waals surface area contributed by atoms with E-state index >= 15 is 0 Å². The highest BCUT2D eigenvalue weighted by Crippen LogP contribution is 2.10. The Hall–Kier alpha value is -1.15. The first-order valence-electron chi connectivity index (χ1n) is 4.99. The number of primary amides is 1. The van der Waals surface area contributed by atoms with E-state index in [1.165, 1.54) is 24.3 Å². The fourth-order valence-corrected chi connectivity index (χ4v) is 2.44. The van der Waals surface area contributed by atoms with Crippen LogP contribution in [0.2, 0.25) is 0 Å². The summed E-state index contributed by atoms with van der Waals surface area (Å²) in [6.07, 6.45) is 0. The molecule has 0 aliphatic rings. The van der Waals surface area contributed by atoms with E-state index in [2.05, 4.69) is 4.72 Å². The molecule has 0 bridgehead atoms. The zero-order valence-electron chi connectivity index (χ0n) is 9.79. The van der Waals surface area contributed by atoms with Crippen LogP contribution in [0.25, 0.3) is 0 Å². The summed E-state index contributed by atoms with van der Waals surface area (Å²) in [6.45, 7) is 1.87. The molecule has 0 fully saturated rings. The lowest BCUT2D eigenvalue weighted by molar-refractivity contribution is 0.1000. The number of nitrogens with two attached hydrogens (primary N) is 2. The number of carbonyl (C=O) groups is 1. The van der Waals surface area contributed by atoms with Gasteiger partial charge < -0.3 is 11.5 Å². The Bertz CT molecular complexity index is 502. The molecule has 1 atom stereocenters. The fraction of sp³-hybridized carbons (Fsp3) is 0.300. The van der Waals surface area contributed by atoms with Crippen molar-refractivity contribution < 1.29 is 13.2 Å². The van der Waals surface area contributed by atoms with Crippen LogP contribution in [-0.2, 0) is 10.0 Å². The van der Waals surface area contributed by atoms with Crippen LogP contribution in [0.5, 0.6) is 0 Å². The average Bonchev–Trinajstić information content (AvgIpc) is 2.28. The highest BCUT2D eigenvalue weighted by Gasteiger charge is 2.16. The molecular weight excluding hydrogens is 278 g/mol. The third-order valence-corrected chi connectivity index (χ3v) is 3.76. The van der Waals surface area contributed by atoms with Gasteiger partial charge in [-0.3, -0.25) is 4.79 Å². The van der Waals surface area contributed by atoms with Crippen molar-refractivity contribution in [2.24, 2.45) is 11.5 Å². The van der Waals surface area contributed by atoms with Crippen molar-refractivity contribution in [1.82, 2.24) is 4.72 Å². The van der Waals surface area contributed by atoms with Crippen molar-refractivity contribution in [2.75, 3.05) is 6.54 Å². The first kappa shape index (κ1) is 16.9. The van der Waals surface area contributed by atoms with Gasteiger partial charge in [-0.05, 0) is 31.2 Å². The molecule has 102 valence electrons. The molecule has 0 aromatic heterocycles. The summed E-state index contributed by atoms with van der Waals surface area (Å²) in [6, 6.07) is 5.03. The number of carbonyl (C=O) groups excluding carboxylic acids is 1. The predicted octanol–water partition coefficient (Wildman–Crippen LogP) is -0.167. The number of hydrogen-bond donors (Lipinski definition) is 3. The van der Waals surface area contributed by atoms with Crippen LogP contribution in [0.3, 0.4) is 0 Å². The molecule has 0 spiro atoms. The van der Waals surface area contributed by atoms with Gasteiger partial charge in [-0.15, -0.1) is 12.4 Å². The standard InChI is InChI=1S/C10H15N3O3S.ClH/c1-7(6-11)13-17(15,16)9-4-2-8(3-5-9)10(12)14;/h2-5,7,13H,6,11H2,1H3,(H2,12,14);1H/t7-;/m1./s1. The van der Waals surface area contributed by atoms with Crippen LogP contribution in [0, 0.1) is 0 Å². The van der Waals surface area contributed by atoms with Gasteiger partial charge in [0.25, 0.3) is 0 Å². The van der Waals surface area contributed by atoms with E-state index in [0.29, 0.717) is 0 Å². The first-order valence-corrected chi connectivity index (χ1v) is 6.47. The molecule has 1 aromatic rings. The Morgan fingerprint density at radius 3 is 2.22 bits per heavy atom. The molecule has 1 rings (SSSR count). The maximum Gasteiger partial charge on any atom is 0.248 e. The van der Waals surface area contributed by atoms with E-state index in [1.807, 2.05) is 0 Å². The summed E-state index contributed by atoms with van der Waals surface area (Å²) in [5.41, 5.74) is 10.6.